The van der Waals surface area contributed by atoms with Crippen LogP contribution in [0, 0.1) is 0 Å². The lowest BCUT2D eigenvalue weighted by Gasteiger charge is -1.86. The van der Waals surface area contributed by atoms with Gasteiger partial charge < -0.3 is 4.74 Å². The van der Waals surface area contributed by atoms with Crippen LogP contribution in [0.3, 0.4) is 0 Å². The quantitative estimate of drug-likeness (QED) is 0.676. The fourth-order valence-corrected chi connectivity index (χ4v) is 0.589. The van der Waals surface area contributed by atoms with E-state index in [4.69, 9.17) is 4.74 Å². The molecule has 1 nitrogen and oxygen atoms in total. The normalized spacial score (nSPS) is 7.38. The highest BCUT2D eigenvalue weighted by molar-refractivity contribution is 4.99. The predicted octanol–water partition coefficient (Wildman–Crippen LogP) is 3.76. The maximum Gasteiger partial charge on any atom is 0.0437 e. The van der Waals surface area contributed by atoms with Crippen LogP contribution in [-0.2, 0) is 4.74 Å². The second kappa shape index (κ2) is 17.3. The molecular weight excluding hydrogens is 160 g/mol. The van der Waals surface area contributed by atoms with Gasteiger partial charge in [-0.15, -0.1) is 0 Å². The Balaban J connectivity index is 0. The molecule has 1 aromatic rings. The van der Waals surface area contributed by atoms with Crippen LogP contribution < -0.4 is 0 Å². The fraction of sp³-hybridized carbons (Fsp3) is 0.500. The molecule has 0 heterocycles. The van der Waals surface area contributed by atoms with Crippen molar-refractivity contribution < 1.29 is 4.74 Å². The van der Waals surface area contributed by atoms with Gasteiger partial charge in [0.05, 0.1) is 0 Å². The SMILES string of the molecule is CC.CCOCC.c1ccccc1. The predicted molar refractivity (Wildman–Crippen MR) is 60.0 cm³/mol. The molecule has 0 saturated heterocycles. The van der Waals surface area contributed by atoms with Crippen LogP contribution in [0.1, 0.15) is 27.7 Å². The van der Waals surface area contributed by atoms with E-state index in [2.05, 4.69) is 0 Å². The van der Waals surface area contributed by atoms with Crippen molar-refractivity contribution in [3.05, 3.63) is 36.4 Å². The van der Waals surface area contributed by atoms with Crippen molar-refractivity contribution in [3.63, 3.8) is 0 Å². The molecule has 0 saturated carbocycles. The summed E-state index contributed by atoms with van der Waals surface area (Å²) in [5.41, 5.74) is 0. The molecule has 0 bridgehead atoms. The summed E-state index contributed by atoms with van der Waals surface area (Å²) in [7, 11) is 0. The number of benzene rings is 1. The average molecular weight is 182 g/mol. The van der Waals surface area contributed by atoms with E-state index in [1.807, 2.05) is 64.1 Å². The second-order valence-electron chi connectivity index (χ2n) is 1.94. The summed E-state index contributed by atoms with van der Waals surface area (Å²) in [6.07, 6.45) is 0. The monoisotopic (exact) mass is 182 g/mol. The van der Waals surface area contributed by atoms with Gasteiger partial charge in [-0.1, -0.05) is 50.2 Å². The van der Waals surface area contributed by atoms with Crippen molar-refractivity contribution in [1.82, 2.24) is 0 Å². The van der Waals surface area contributed by atoms with Crippen molar-refractivity contribution in [2.75, 3.05) is 13.2 Å². The topological polar surface area (TPSA) is 9.23 Å². The van der Waals surface area contributed by atoms with E-state index in [9.17, 15) is 0 Å². The van der Waals surface area contributed by atoms with Crippen LogP contribution in [0.2, 0.25) is 0 Å². The Morgan fingerprint density at radius 2 is 0.923 bits per heavy atom. The van der Waals surface area contributed by atoms with Crippen molar-refractivity contribution >= 4 is 0 Å². The molecule has 0 spiro atoms. The Kier molecular flexibility index (Phi) is 19.6. The molecule has 1 heteroatoms. The fourth-order valence-electron chi connectivity index (χ4n) is 0.589. The number of rotatable bonds is 2. The van der Waals surface area contributed by atoms with Gasteiger partial charge in [0.15, 0.2) is 0 Å². The van der Waals surface area contributed by atoms with Crippen LogP contribution in [0.25, 0.3) is 0 Å². The minimum absolute atomic E-state index is 0.844. The molecular formula is C12H22O. The smallest absolute Gasteiger partial charge is 0.0437 e. The molecule has 0 fully saturated rings. The summed E-state index contributed by atoms with van der Waals surface area (Å²) >= 11 is 0. The van der Waals surface area contributed by atoms with E-state index in [0.717, 1.165) is 13.2 Å². The Labute approximate surface area is 82.7 Å². The van der Waals surface area contributed by atoms with Crippen molar-refractivity contribution in [2.24, 2.45) is 0 Å². The molecule has 1 aromatic carbocycles. The minimum Gasteiger partial charge on any atom is -0.382 e. The number of hydrogen-bond donors (Lipinski definition) is 0. The van der Waals surface area contributed by atoms with E-state index in [1.165, 1.54) is 0 Å². The third-order valence-electron chi connectivity index (χ3n) is 1.07. The Morgan fingerprint density at radius 1 is 0.692 bits per heavy atom. The van der Waals surface area contributed by atoms with Gasteiger partial charge in [0.1, 0.15) is 0 Å². The van der Waals surface area contributed by atoms with E-state index in [0.29, 0.717) is 0 Å². The zero-order chi connectivity index (χ0) is 10.4. The standard InChI is InChI=1S/C6H6.C4H10O.C2H6/c1-2-4-6-5-3-1;1-3-5-4-2;1-2/h1-6H;3-4H2,1-2H3;1-2H3. The summed E-state index contributed by atoms with van der Waals surface area (Å²) in [5, 5.41) is 0. The third-order valence-corrected chi connectivity index (χ3v) is 1.07. The van der Waals surface area contributed by atoms with Gasteiger partial charge in [-0.25, -0.2) is 0 Å². The van der Waals surface area contributed by atoms with Gasteiger partial charge in [0, 0.05) is 13.2 Å². The molecule has 0 aliphatic rings. The first-order chi connectivity index (χ1) is 6.41. The Hall–Kier alpha value is -0.820. The average Bonchev–Trinajstić information content (AvgIpc) is 2.25. The Bertz CT molecular complexity index is 108. The zero-order valence-corrected chi connectivity index (χ0v) is 9.29. The molecule has 0 amide bonds. The van der Waals surface area contributed by atoms with Crippen LogP contribution in [0.4, 0.5) is 0 Å². The first-order valence-electron chi connectivity index (χ1n) is 4.99. The first kappa shape index (κ1) is 14.7. The van der Waals surface area contributed by atoms with Gasteiger partial charge in [0.25, 0.3) is 0 Å². The number of hydrogen-bond acceptors (Lipinski definition) is 1. The van der Waals surface area contributed by atoms with E-state index in [-0.39, 0.29) is 0 Å². The van der Waals surface area contributed by atoms with Gasteiger partial charge >= 0.3 is 0 Å². The summed E-state index contributed by atoms with van der Waals surface area (Å²) < 4.78 is 4.83. The van der Waals surface area contributed by atoms with Crippen LogP contribution in [0.5, 0.6) is 0 Å². The Morgan fingerprint density at radius 3 is 1.00 bits per heavy atom. The molecule has 0 atom stereocenters. The van der Waals surface area contributed by atoms with Crippen LogP contribution in [-0.4, -0.2) is 13.2 Å². The lowest BCUT2D eigenvalue weighted by atomic mass is 10.4. The highest BCUT2D eigenvalue weighted by atomic mass is 16.5. The summed E-state index contributed by atoms with van der Waals surface area (Å²) in [6, 6.07) is 12.0. The molecule has 0 unspecified atom stereocenters. The summed E-state index contributed by atoms with van der Waals surface area (Å²) in [6.45, 7) is 9.67. The van der Waals surface area contributed by atoms with E-state index < -0.39 is 0 Å². The lowest BCUT2D eigenvalue weighted by molar-refractivity contribution is 0.162. The molecule has 76 valence electrons. The molecule has 0 radical (unpaired) electrons. The molecule has 0 N–H and O–H groups in total. The van der Waals surface area contributed by atoms with Crippen molar-refractivity contribution in [1.29, 1.82) is 0 Å². The van der Waals surface area contributed by atoms with Gasteiger partial charge in [-0.2, -0.15) is 0 Å². The largest absolute Gasteiger partial charge is 0.382 e. The molecule has 0 aliphatic carbocycles. The van der Waals surface area contributed by atoms with Crippen LogP contribution in [0.15, 0.2) is 36.4 Å². The number of ether oxygens (including phenoxy) is 1. The highest BCUT2D eigenvalue weighted by Gasteiger charge is 1.64. The lowest BCUT2D eigenvalue weighted by Crippen LogP contribution is -1.84. The first-order valence-corrected chi connectivity index (χ1v) is 4.99. The van der Waals surface area contributed by atoms with Gasteiger partial charge in [-0.3, -0.25) is 0 Å². The summed E-state index contributed by atoms with van der Waals surface area (Å²) in [5.74, 6) is 0. The zero-order valence-electron chi connectivity index (χ0n) is 9.29. The summed E-state index contributed by atoms with van der Waals surface area (Å²) in [4.78, 5) is 0. The van der Waals surface area contributed by atoms with Crippen molar-refractivity contribution in [3.8, 4) is 0 Å². The van der Waals surface area contributed by atoms with Crippen LogP contribution >= 0.6 is 0 Å². The molecule has 1 rings (SSSR count). The van der Waals surface area contributed by atoms with Gasteiger partial charge in [0.2, 0.25) is 0 Å². The van der Waals surface area contributed by atoms with E-state index in [1.54, 1.807) is 0 Å². The minimum atomic E-state index is 0.844. The maximum atomic E-state index is 4.83. The van der Waals surface area contributed by atoms with E-state index >= 15 is 0 Å². The molecule has 13 heavy (non-hydrogen) atoms. The molecule has 0 aliphatic heterocycles. The van der Waals surface area contributed by atoms with Crippen molar-refractivity contribution in [2.45, 2.75) is 27.7 Å². The highest BCUT2D eigenvalue weighted by Crippen LogP contribution is 1.79. The third kappa shape index (κ3) is 18.3. The maximum absolute atomic E-state index is 4.83. The molecule has 0 aromatic heterocycles. The second-order valence-corrected chi connectivity index (χ2v) is 1.94. The van der Waals surface area contributed by atoms with Gasteiger partial charge in [-0.05, 0) is 13.8 Å².